The van der Waals surface area contributed by atoms with Crippen LogP contribution in [0.4, 0.5) is 0 Å². The fourth-order valence-corrected chi connectivity index (χ4v) is 3.94. The predicted molar refractivity (Wildman–Crippen MR) is 101 cm³/mol. The third-order valence-corrected chi connectivity index (χ3v) is 5.64. The van der Waals surface area contributed by atoms with E-state index >= 15 is 0 Å². The summed E-state index contributed by atoms with van der Waals surface area (Å²) in [5.74, 6) is 2.36. The van der Waals surface area contributed by atoms with E-state index in [0.29, 0.717) is 0 Å². The lowest BCUT2D eigenvalue weighted by Gasteiger charge is -2.34. The van der Waals surface area contributed by atoms with Gasteiger partial charge in [0, 0.05) is 37.2 Å². The first-order chi connectivity index (χ1) is 10.7. The number of aliphatic imine (C=N–C) groups is 1. The number of nitrogens with one attached hydrogen (secondary N) is 1. The van der Waals surface area contributed by atoms with Crippen molar-refractivity contribution in [3.8, 4) is 0 Å². The lowest BCUT2D eigenvalue weighted by molar-refractivity contribution is 0.297. The molecular weight excluding hydrogens is 292 g/mol. The molecule has 1 aliphatic rings. The summed E-state index contributed by atoms with van der Waals surface area (Å²) in [5.41, 5.74) is 0. The highest BCUT2D eigenvalue weighted by Crippen LogP contribution is 2.21. The summed E-state index contributed by atoms with van der Waals surface area (Å²) in [6, 6.07) is 0. The number of hydrogen-bond acceptors (Lipinski definition) is 3. The molecule has 0 amide bonds. The Kier molecular flexibility index (Phi) is 10.8. The van der Waals surface area contributed by atoms with E-state index in [4.69, 9.17) is 4.99 Å². The Morgan fingerprint density at radius 1 is 1.23 bits per heavy atom. The van der Waals surface area contributed by atoms with Gasteiger partial charge in [-0.1, -0.05) is 20.8 Å². The van der Waals surface area contributed by atoms with E-state index in [-0.39, 0.29) is 0 Å². The Hall–Kier alpha value is -0.420. The molecule has 130 valence electrons. The highest BCUT2D eigenvalue weighted by molar-refractivity contribution is 8.00. The minimum atomic E-state index is 0.764. The standard InChI is InChI=1S/C17H36N4S/c1-5-16-15-21(13-14-22-16)17(18-6-2)19-11-9-10-12-20(7-3)8-4/h16H,5-15H2,1-4H3,(H,18,19). The van der Waals surface area contributed by atoms with Crippen molar-refractivity contribution in [2.45, 2.75) is 52.2 Å². The Morgan fingerprint density at radius 2 is 2.00 bits per heavy atom. The topological polar surface area (TPSA) is 30.9 Å². The number of hydrogen-bond donors (Lipinski definition) is 1. The van der Waals surface area contributed by atoms with Gasteiger partial charge in [-0.15, -0.1) is 0 Å². The fourth-order valence-electron chi connectivity index (χ4n) is 2.76. The van der Waals surface area contributed by atoms with Gasteiger partial charge in [-0.3, -0.25) is 4.99 Å². The van der Waals surface area contributed by atoms with Gasteiger partial charge in [-0.2, -0.15) is 11.8 Å². The molecule has 4 nitrogen and oxygen atoms in total. The van der Waals surface area contributed by atoms with E-state index in [2.05, 4.69) is 54.6 Å². The first kappa shape index (κ1) is 19.6. The van der Waals surface area contributed by atoms with Crippen LogP contribution in [-0.2, 0) is 0 Å². The van der Waals surface area contributed by atoms with Gasteiger partial charge in [0.2, 0.25) is 0 Å². The van der Waals surface area contributed by atoms with Crippen LogP contribution < -0.4 is 5.32 Å². The monoisotopic (exact) mass is 328 g/mol. The molecule has 1 aliphatic heterocycles. The molecule has 0 bridgehead atoms. The molecule has 1 heterocycles. The van der Waals surface area contributed by atoms with Gasteiger partial charge < -0.3 is 15.1 Å². The third kappa shape index (κ3) is 7.23. The molecule has 0 saturated carbocycles. The highest BCUT2D eigenvalue weighted by Gasteiger charge is 2.21. The second-order valence-electron chi connectivity index (χ2n) is 5.82. The maximum absolute atomic E-state index is 4.86. The zero-order chi connectivity index (χ0) is 16.2. The molecule has 0 aromatic heterocycles. The second kappa shape index (κ2) is 12.1. The molecule has 22 heavy (non-hydrogen) atoms. The highest BCUT2D eigenvalue weighted by atomic mass is 32.2. The molecule has 0 spiro atoms. The summed E-state index contributed by atoms with van der Waals surface area (Å²) in [6.45, 7) is 16.6. The maximum atomic E-state index is 4.86. The molecule has 1 saturated heterocycles. The molecule has 1 N–H and O–H groups in total. The van der Waals surface area contributed by atoms with Gasteiger partial charge in [-0.05, 0) is 45.8 Å². The van der Waals surface area contributed by atoms with Gasteiger partial charge in [0.1, 0.15) is 0 Å². The molecule has 0 aromatic carbocycles. The SMILES string of the molecule is CCNC(=NCCCCN(CC)CC)N1CCSC(CC)C1. The van der Waals surface area contributed by atoms with Crippen LogP contribution in [-0.4, -0.2) is 72.6 Å². The number of thioether (sulfide) groups is 1. The summed E-state index contributed by atoms with van der Waals surface area (Å²) in [5, 5.41) is 4.24. The smallest absolute Gasteiger partial charge is 0.193 e. The molecule has 5 heteroatoms. The van der Waals surface area contributed by atoms with E-state index in [1.54, 1.807) is 0 Å². The lowest BCUT2D eigenvalue weighted by atomic mass is 10.3. The van der Waals surface area contributed by atoms with Crippen LogP contribution in [0.1, 0.15) is 47.0 Å². The van der Waals surface area contributed by atoms with Crippen molar-refractivity contribution in [2.75, 3.05) is 51.6 Å². The van der Waals surface area contributed by atoms with E-state index in [1.807, 2.05) is 0 Å². The van der Waals surface area contributed by atoms with E-state index in [0.717, 1.165) is 50.5 Å². The molecule has 0 radical (unpaired) electrons. The zero-order valence-corrected chi connectivity index (χ0v) is 15.9. The van der Waals surface area contributed by atoms with Crippen LogP contribution in [0.2, 0.25) is 0 Å². The van der Waals surface area contributed by atoms with E-state index < -0.39 is 0 Å². The molecule has 1 unspecified atom stereocenters. The predicted octanol–water partition coefficient (Wildman–Crippen LogP) is 2.90. The summed E-state index contributed by atoms with van der Waals surface area (Å²) in [7, 11) is 0. The van der Waals surface area contributed by atoms with Crippen molar-refractivity contribution in [3.05, 3.63) is 0 Å². The molecule has 0 aromatic rings. The number of nitrogens with zero attached hydrogens (tertiary/aromatic N) is 3. The largest absolute Gasteiger partial charge is 0.357 e. The quantitative estimate of drug-likeness (QED) is 0.400. The number of unbranched alkanes of at least 4 members (excludes halogenated alkanes) is 1. The molecule has 1 fully saturated rings. The lowest BCUT2D eigenvalue weighted by Crippen LogP contribution is -2.48. The third-order valence-electron chi connectivity index (χ3n) is 4.27. The van der Waals surface area contributed by atoms with Crippen LogP contribution in [0.5, 0.6) is 0 Å². The maximum Gasteiger partial charge on any atom is 0.193 e. The Morgan fingerprint density at radius 3 is 2.64 bits per heavy atom. The minimum Gasteiger partial charge on any atom is -0.357 e. The number of rotatable bonds is 9. The summed E-state index contributed by atoms with van der Waals surface area (Å²) < 4.78 is 0. The van der Waals surface area contributed by atoms with Crippen LogP contribution in [0, 0.1) is 0 Å². The van der Waals surface area contributed by atoms with E-state index in [1.165, 1.54) is 31.6 Å². The van der Waals surface area contributed by atoms with Crippen LogP contribution in [0.3, 0.4) is 0 Å². The van der Waals surface area contributed by atoms with Crippen molar-refractivity contribution >= 4 is 17.7 Å². The Balaban J connectivity index is 2.38. The van der Waals surface area contributed by atoms with Gasteiger partial charge in [0.15, 0.2) is 5.96 Å². The van der Waals surface area contributed by atoms with Gasteiger partial charge in [0.25, 0.3) is 0 Å². The Labute approximate surface area is 142 Å². The van der Waals surface area contributed by atoms with E-state index in [9.17, 15) is 0 Å². The molecule has 0 aliphatic carbocycles. The van der Waals surface area contributed by atoms with Crippen molar-refractivity contribution in [2.24, 2.45) is 4.99 Å². The van der Waals surface area contributed by atoms with Crippen molar-refractivity contribution in [3.63, 3.8) is 0 Å². The average Bonchev–Trinajstić information content (AvgIpc) is 2.57. The van der Waals surface area contributed by atoms with Crippen LogP contribution in [0.25, 0.3) is 0 Å². The minimum absolute atomic E-state index is 0.764. The second-order valence-corrected chi connectivity index (χ2v) is 7.22. The van der Waals surface area contributed by atoms with Gasteiger partial charge in [0.05, 0.1) is 0 Å². The molecule has 1 rings (SSSR count). The average molecular weight is 329 g/mol. The summed E-state index contributed by atoms with van der Waals surface area (Å²) in [6.07, 6.45) is 3.69. The van der Waals surface area contributed by atoms with Crippen LogP contribution >= 0.6 is 11.8 Å². The first-order valence-electron chi connectivity index (χ1n) is 9.12. The number of guanidine groups is 1. The fraction of sp³-hybridized carbons (Fsp3) is 0.941. The van der Waals surface area contributed by atoms with Crippen molar-refractivity contribution in [1.29, 1.82) is 0 Å². The van der Waals surface area contributed by atoms with Crippen LogP contribution in [0.15, 0.2) is 4.99 Å². The van der Waals surface area contributed by atoms with Crippen molar-refractivity contribution in [1.82, 2.24) is 15.1 Å². The normalized spacial score (nSPS) is 19.8. The van der Waals surface area contributed by atoms with Gasteiger partial charge >= 0.3 is 0 Å². The summed E-state index contributed by atoms with van der Waals surface area (Å²) >= 11 is 2.11. The Bertz CT molecular complexity index is 305. The summed E-state index contributed by atoms with van der Waals surface area (Å²) in [4.78, 5) is 9.80. The molecular formula is C17H36N4S. The molecule has 1 atom stereocenters. The first-order valence-corrected chi connectivity index (χ1v) is 10.2. The van der Waals surface area contributed by atoms with Gasteiger partial charge in [-0.25, -0.2) is 0 Å². The zero-order valence-electron chi connectivity index (χ0n) is 15.1. The van der Waals surface area contributed by atoms with Crippen molar-refractivity contribution < 1.29 is 0 Å².